The van der Waals surface area contributed by atoms with Crippen LogP contribution in [0.3, 0.4) is 0 Å². The second-order valence-electron chi connectivity index (χ2n) is 6.21. The van der Waals surface area contributed by atoms with Crippen LogP contribution in [0.1, 0.15) is 0 Å². The van der Waals surface area contributed by atoms with E-state index in [-0.39, 0.29) is 5.82 Å². The summed E-state index contributed by atoms with van der Waals surface area (Å²) in [6.45, 7) is 3.28. The molecule has 0 saturated carbocycles. The molecule has 0 spiro atoms. The molecule has 26 heavy (non-hydrogen) atoms. The van der Waals surface area contributed by atoms with Gasteiger partial charge in [-0.2, -0.15) is 0 Å². The van der Waals surface area contributed by atoms with Gasteiger partial charge in [0, 0.05) is 36.7 Å². The minimum absolute atomic E-state index is 0.235. The van der Waals surface area contributed by atoms with Crippen molar-refractivity contribution < 1.29 is 9.13 Å². The first kappa shape index (κ1) is 16.5. The lowest BCUT2D eigenvalue weighted by Crippen LogP contribution is -2.36. The molecular formula is C21H20FN3O. The fraction of sp³-hybridized carbons (Fsp3) is 0.190. The van der Waals surface area contributed by atoms with Gasteiger partial charge in [-0.1, -0.05) is 24.3 Å². The van der Waals surface area contributed by atoms with E-state index in [2.05, 4.69) is 15.2 Å². The van der Waals surface area contributed by atoms with Crippen LogP contribution in [-0.2, 0) is 4.74 Å². The molecule has 0 radical (unpaired) electrons. The quantitative estimate of drug-likeness (QED) is 0.754. The van der Waals surface area contributed by atoms with E-state index in [0.717, 1.165) is 54.6 Å². The summed E-state index contributed by atoms with van der Waals surface area (Å²) in [5.74, 6) is 0.547. The van der Waals surface area contributed by atoms with Gasteiger partial charge in [0.15, 0.2) is 0 Å². The number of hydrogen-bond acceptors (Lipinski definition) is 4. The number of anilines is 3. The fourth-order valence-corrected chi connectivity index (χ4v) is 3.10. The molecule has 0 amide bonds. The van der Waals surface area contributed by atoms with Crippen LogP contribution >= 0.6 is 0 Å². The Labute approximate surface area is 152 Å². The molecule has 1 N–H and O–H groups in total. The topological polar surface area (TPSA) is 37.4 Å². The second kappa shape index (κ2) is 7.54. The molecule has 1 fully saturated rings. The van der Waals surface area contributed by atoms with Gasteiger partial charge in [0.05, 0.1) is 13.2 Å². The summed E-state index contributed by atoms with van der Waals surface area (Å²) in [4.78, 5) is 6.71. The van der Waals surface area contributed by atoms with Crippen LogP contribution in [0.5, 0.6) is 0 Å². The zero-order valence-corrected chi connectivity index (χ0v) is 14.4. The molecule has 0 unspecified atom stereocenters. The lowest BCUT2D eigenvalue weighted by Gasteiger charge is -2.29. The van der Waals surface area contributed by atoms with E-state index >= 15 is 0 Å². The Morgan fingerprint density at radius 1 is 0.923 bits per heavy atom. The van der Waals surface area contributed by atoms with Gasteiger partial charge in [-0.05, 0) is 41.5 Å². The van der Waals surface area contributed by atoms with Gasteiger partial charge in [-0.3, -0.25) is 0 Å². The molecule has 1 aromatic heterocycles. The molecule has 4 nitrogen and oxygen atoms in total. The number of aromatic nitrogens is 1. The molecule has 0 aliphatic carbocycles. The first-order valence-corrected chi connectivity index (χ1v) is 8.70. The van der Waals surface area contributed by atoms with Crippen LogP contribution in [0.25, 0.3) is 11.1 Å². The van der Waals surface area contributed by atoms with Gasteiger partial charge in [-0.15, -0.1) is 0 Å². The largest absolute Gasteiger partial charge is 0.378 e. The summed E-state index contributed by atoms with van der Waals surface area (Å²) in [6, 6.07) is 18.6. The van der Waals surface area contributed by atoms with Crippen LogP contribution in [0.2, 0.25) is 0 Å². The number of ether oxygens (including phenoxy) is 1. The molecular weight excluding hydrogens is 329 g/mol. The zero-order chi connectivity index (χ0) is 17.8. The molecule has 2 aromatic carbocycles. The molecule has 132 valence electrons. The monoisotopic (exact) mass is 349 g/mol. The molecule has 1 aliphatic rings. The van der Waals surface area contributed by atoms with Crippen molar-refractivity contribution in [1.82, 2.24) is 4.98 Å². The summed E-state index contributed by atoms with van der Waals surface area (Å²) in [7, 11) is 0. The highest BCUT2D eigenvalue weighted by molar-refractivity contribution is 5.71. The Morgan fingerprint density at radius 3 is 2.50 bits per heavy atom. The Hall–Kier alpha value is -2.92. The minimum Gasteiger partial charge on any atom is -0.378 e. The van der Waals surface area contributed by atoms with E-state index in [9.17, 15) is 4.39 Å². The second-order valence-corrected chi connectivity index (χ2v) is 6.21. The van der Waals surface area contributed by atoms with Crippen molar-refractivity contribution in [2.24, 2.45) is 0 Å². The first-order valence-electron chi connectivity index (χ1n) is 8.70. The van der Waals surface area contributed by atoms with Crippen molar-refractivity contribution in [1.29, 1.82) is 0 Å². The molecule has 4 rings (SSSR count). The normalized spacial score (nSPS) is 14.3. The van der Waals surface area contributed by atoms with Crippen molar-refractivity contribution >= 4 is 17.2 Å². The van der Waals surface area contributed by atoms with E-state index in [1.807, 2.05) is 48.7 Å². The lowest BCUT2D eigenvalue weighted by molar-refractivity contribution is 0.122. The smallest absolute Gasteiger partial charge is 0.132 e. The maximum absolute atomic E-state index is 13.5. The Kier molecular flexibility index (Phi) is 4.80. The molecule has 5 heteroatoms. The molecule has 0 atom stereocenters. The highest BCUT2D eigenvalue weighted by Crippen LogP contribution is 2.26. The van der Waals surface area contributed by atoms with Gasteiger partial charge in [-0.25, -0.2) is 9.37 Å². The fourth-order valence-electron chi connectivity index (χ4n) is 3.10. The van der Waals surface area contributed by atoms with Crippen LogP contribution in [0, 0.1) is 5.82 Å². The lowest BCUT2D eigenvalue weighted by atomic mass is 10.1. The summed E-state index contributed by atoms with van der Waals surface area (Å²) in [6.07, 6.45) is 1.81. The highest BCUT2D eigenvalue weighted by Gasteiger charge is 2.12. The highest BCUT2D eigenvalue weighted by atomic mass is 19.1. The Balaban J connectivity index is 1.55. The van der Waals surface area contributed by atoms with Crippen LogP contribution in [0.15, 0.2) is 66.9 Å². The third-order valence-corrected chi connectivity index (χ3v) is 4.41. The number of pyridine rings is 1. The number of nitrogens with zero attached hydrogens (tertiary/aromatic N) is 2. The number of nitrogens with one attached hydrogen (secondary N) is 1. The van der Waals surface area contributed by atoms with Gasteiger partial charge < -0.3 is 15.0 Å². The Morgan fingerprint density at radius 2 is 1.69 bits per heavy atom. The summed E-state index contributed by atoms with van der Waals surface area (Å²) in [5, 5.41) is 3.35. The summed E-state index contributed by atoms with van der Waals surface area (Å²) < 4.78 is 18.9. The average Bonchev–Trinajstić information content (AvgIpc) is 2.69. The number of benzene rings is 2. The number of morpholine rings is 1. The van der Waals surface area contributed by atoms with Crippen LogP contribution in [-0.4, -0.2) is 31.3 Å². The van der Waals surface area contributed by atoms with E-state index in [4.69, 9.17) is 4.74 Å². The minimum atomic E-state index is -0.235. The van der Waals surface area contributed by atoms with E-state index in [1.165, 1.54) is 12.1 Å². The van der Waals surface area contributed by atoms with E-state index in [0.29, 0.717) is 0 Å². The first-order chi connectivity index (χ1) is 12.8. The molecule has 3 aromatic rings. The predicted molar refractivity (Wildman–Crippen MR) is 102 cm³/mol. The molecule has 2 heterocycles. The van der Waals surface area contributed by atoms with Crippen LogP contribution in [0.4, 0.5) is 21.6 Å². The number of rotatable bonds is 4. The maximum Gasteiger partial charge on any atom is 0.132 e. The van der Waals surface area contributed by atoms with Crippen molar-refractivity contribution in [3.8, 4) is 11.1 Å². The van der Waals surface area contributed by atoms with E-state index < -0.39 is 0 Å². The number of halogens is 1. The maximum atomic E-state index is 13.5. The van der Waals surface area contributed by atoms with Crippen LogP contribution < -0.4 is 10.2 Å². The summed E-state index contributed by atoms with van der Waals surface area (Å²) in [5.41, 5.74) is 3.85. The van der Waals surface area contributed by atoms with Crippen molar-refractivity contribution in [3.05, 3.63) is 72.7 Å². The van der Waals surface area contributed by atoms with Gasteiger partial charge in [0.1, 0.15) is 11.6 Å². The molecule has 1 aliphatic heterocycles. The van der Waals surface area contributed by atoms with Gasteiger partial charge >= 0.3 is 0 Å². The van der Waals surface area contributed by atoms with Crippen molar-refractivity contribution in [2.75, 3.05) is 36.5 Å². The van der Waals surface area contributed by atoms with Gasteiger partial charge in [0.25, 0.3) is 0 Å². The molecule has 1 saturated heterocycles. The van der Waals surface area contributed by atoms with Gasteiger partial charge in [0.2, 0.25) is 0 Å². The van der Waals surface area contributed by atoms with Crippen molar-refractivity contribution in [2.45, 2.75) is 0 Å². The van der Waals surface area contributed by atoms with Crippen molar-refractivity contribution in [3.63, 3.8) is 0 Å². The average molecular weight is 349 g/mol. The Bertz CT molecular complexity index is 894. The zero-order valence-electron chi connectivity index (χ0n) is 14.4. The third-order valence-electron chi connectivity index (χ3n) is 4.41. The standard InChI is InChI=1S/C21H20FN3O/c22-18-5-1-3-16(13-18)17-4-2-6-19(14-17)24-21-15-20(7-8-23-21)25-9-11-26-12-10-25/h1-8,13-15H,9-12H2,(H,23,24). The third kappa shape index (κ3) is 3.83. The van der Waals surface area contributed by atoms with E-state index in [1.54, 1.807) is 6.07 Å². The summed E-state index contributed by atoms with van der Waals surface area (Å²) >= 11 is 0. The SMILES string of the molecule is Fc1cccc(-c2cccc(Nc3cc(N4CCOCC4)ccn3)c2)c1. The molecule has 0 bridgehead atoms. The number of hydrogen-bond donors (Lipinski definition) is 1. The predicted octanol–water partition coefficient (Wildman–Crippen LogP) is 4.47.